The highest BCUT2D eigenvalue weighted by Crippen LogP contribution is 2.32. The minimum atomic E-state index is -3.58. The van der Waals surface area contributed by atoms with Gasteiger partial charge < -0.3 is 0 Å². The van der Waals surface area contributed by atoms with Gasteiger partial charge in [-0.3, -0.25) is 0 Å². The van der Waals surface area contributed by atoms with E-state index in [9.17, 15) is 8.42 Å². The van der Waals surface area contributed by atoms with Crippen LogP contribution in [0.1, 0.15) is 13.8 Å². The average molecular weight is 279 g/mol. The molecule has 0 aliphatic heterocycles. The molecule has 0 saturated carbocycles. The number of rotatable bonds is 3. The molecule has 0 amide bonds. The van der Waals surface area contributed by atoms with E-state index in [4.69, 9.17) is 23.2 Å². The largest absolute Gasteiger partial charge is 0.223 e. The van der Waals surface area contributed by atoms with E-state index < -0.39 is 14.6 Å². The fraction of sp³-hybridized carbons (Fsp3) is 0.273. The Labute approximate surface area is 106 Å². The van der Waals surface area contributed by atoms with E-state index in [-0.39, 0.29) is 9.92 Å². The van der Waals surface area contributed by atoms with Crippen molar-refractivity contribution < 1.29 is 8.42 Å². The van der Waals surface area contributed by atoms with Crippen LogP contribution in [0.15, 0.2) is 35.7 Å². The highest BCUT2D eigenvalue weighted by atomic mass is 35.5. The van der Waals surface area contributed by atoms with Crippen molar-refractivity contribution in [3.63, 3.8) is 0 Å². The Morgan fingerprint density at radius 3 is 2.38 bits per heavy atom. The molecule has 0 N–H and O–H groups in total. The van der Waals surface area contributed by atoms with Crippen molar-refractivity contribution in [2.24, 2.45) is 0 Å². The smallest absolute Gasteiger partial charge is 0.188 e. The van der Waals surface area contributed by atoms with E-state index in [1.807, 2.05) is 0 Å². The van der Waals surface area contributed by atoms with Crippen molar-refractivity contribution in [1.29, 1.82) is 0 Å². The van der Waals surface area contributed by atoms with Crippen LogP contribution in [0.5, 0.6) is 0 Å². The standard InChI is InChI=1S/C11H12Cl2O2S/c1-4-11(2,3)16(14,15)10-7-8(12)5-6-9(10)13/h4-7H,1H2,2-3H3. The molecule has 0 unspecified atom stereocenters. The fourth-order valence-corrected chi connectivity index (χ4v) is 3.13. The Kier molecular flexibility index (Phi) is 3.72. The van der Waals surface area contributed by atoms with Gasteiger partial charge in [-0.25, -0.2) is 8.42 Å². The lowest BCUT2D eigenvalue weighted by Gasteiger charge is -2.21. The third-order valence-electron chi connectivity index (χ3n) is 2.37. The van der Waals surface area contributed by atoms with Crippen molar-refractivity contribution in [1.82, 2.24) is 0 Å². The van der Waals surface area contributed by atoms with Crippen molar-refractivity contribution in [2.45, 2.75) is 23.5 Å². The van der Waals surface area contributed by atoms with E-state index in [1.165, 1.54) is 18.2 Å². The molecule has 0 fully saturated rings. The lowest BCUT2D eigenvalue weighted by Crippen LogP contribution is -2.29. The van der Waals surface area contributed by atoms with Crippen LogP contribution in [0.2, 0.25) is 10.0 Å². The predicted octanol–water partition coefficient (Wildman–Crippen LogP) is 3.73. The first-order valence-electron chi connectivity index (χ1n) is 4.55. The molecule has 5 heteroatoms. The number of hydrogen-bond donors (Lipinski definition) is 0. The Morgan fingerprint density at radius 2 is 1.88 bits per heavy atom. The first kappa shape index (κ1) is 13.6. The molecule has 1 aromatic rings. The Morgan fingerprint density at radius 1 is 1.31 bits per heavy atom. The molecule has 0 aliphatic rings. The van der Waals surface area contributed by atoms with E-state index in [2.05, 4.69) is 6.58 Å². The lowest BCUT2D eigenvalue weighted by molar-refractivity contribution is 0.572. The number of benzene rings is 1. The third kappa shape index (κ3) is 2.26. The summed E-state index contributed by atoms with van der Waals surface area (Å²) < 4.78 is 23.4. The van der Waals surface area contributed by atoms with E-state index in [0.29, 0.717) is 5.02 Å². The highest BCUT2D eigenvalue weighted by molar-refractivity contribution is 7.93. The first-order chi connectivity index (χ1) is 7.22. The summed E-state index contributed by atoms with van der Waals surface area (Å²) in [7, 11) is -3.58. The Balaban J connectivity index is 3.50. The van der Waals surface area contributed by atoms with Gasteiger partial charge in [0.25, 0.3) is 0 Å². The maximum atomic E-state index is 12.2. The Bertz CT molecular complexity index is 519. The molecule has 0 spiro atoms. The van der Waals surface area contributed by atoms with E-state index in [1.54, 1.807) is 19.9 Å². The molecular formula is C11H12Cl2O2S. The van der Waals surface area contributed by atoms with Crippen LogP contribution in [0.4, 0.5) is 0 Å². The summed E-state index contributed by atoms with van der Waals surface area (Å²) in [5.41, 5.74) is 0. The SMILES string of the molecule is C=CC(C)(C)S(=O)(=O)c1cc(Cl)ccc1Cl. The van der Waals surface area contributed by atoms with Gasteiger partial charge in [-0.1, -0.05) is 29.3 Å². The van der Waals surface area contributed by atoms with Crippen LogP contribution in [0, 0.1) is 0 Å². The van der Waals surface area contributed by atoms with E-state index in [0.717, 1.165) is 0 Å². The maximum absolute atomic E-state index is 12.2. The molecular weight excluding hydrogens is 267 g/mol. The second-order valence-electron chi connectivity index (χ2n) is 3.89. The maximum Gasteiger partial charge on any atom is 0.188 e. The molecule has 0 aliphatic carbocycles. The van der Waals surface area contributed by atoms with Gasteiger partial charge in [0.2, 0.25) is 0 Å². The van der Waals surface area contributed by atoms with Gasteiger partial charge in [-0.15, -0.1) is 6.58 Å². The summed E-state index contributed by atoms with van der Waals surface area (Å²) >= 11 is 11.6. The molecule has 2 nitrogen and oxygen atoms in total. The molecule has 88 valence electrons. The molecule has 0 radical (unpaired) electrons. The van der Waals surface area contributed by atoms with Crippen LogP contribution in [-0.2, 0) is 9.84 Å². The van der Waals surface area contributed by atoms with Crippen molar-refractivity contribution in [3.05, 3.63) is 40.9 Å². The van der Waals surface area contributed by atoms with Gasteiger partial charge in [-0.05, 0) is 32.0 Å². The minimum absolute atomic E-state index is 0.0339. The number of hydrogen-bond acceptors (Lipinski definition) is 2. The first-order valence-corrected chi connectivity index (χ1v) is 6.79. The summed E-state index contributed by atoms with van der Waals surface area (Å²) in [5.74, 6) is 0. The van der Waals surface area contributed by atoms with Crippen molar-refractivity contribution >= 4 is 33.0 Å². The molecule has 0 aromatic heterocycles. The highest BCUT2D eigenvalue weighted by Gasteiger charge is 2.34. The average Bonchev–Trinajstić information content (AvgIpc) is 2.21. The van der Waals surface area contributed by atoms with Gasteiger partial charge in [0, 0.05) is 5.02 Å². The zero-order valence-corrected chi connectivity index (χ0v) is 11.3. The molecule has 0 atom stereocenters. The van der Waals surface area contributed by atoms with Crippen LogP contribution in [0.3, 0.4) is 0 Å². The monoisotopic (exact) mass is 278 g/mol. The Hall–Kier alpha value is -0.510. The van der Waals surface area contributed by atoms with Crippen molar-refractivity contribution in [2.75, 3.05) is 0 Å². The number of halogens is 2. The molecule has 0 bridgehead atoms. The summed E-state index contributed by atoms with van der Waals surface area (Å²) in [6.45, 7) is 6.65. The van der Waals surface area contributed by atoms with Gasteiger partial charge in [0.1, 0.15) is 0 Å². The zero-order chi connectivity index (χ0) is 12.6. The molecule has 1 rings (SSSR count). The van der Waals surface area contributed by atoms with Crippen LogP contribution in [0.25, 0.3) is 0 Å². The summed E-state index contributed by atoms with van der Waals surface area (Å²) in [5, 5.41) is 0.502. The third-order valence-corrected chi connectivity index (χ3v) is 5.51. The second-order valence-corrected chi connectivity index (χ2v) is 7.23. The molecule has 1 aromatic carbocycles. The summed E-state index contributed by atoms with van der Waals surface area (Å²) in [6, 6.07) is 4.37. The predicted molar refractivity (Wildman–Crippen MR) is 67.9 cm³/mol. The topological polar surface area (TPSA) is 34.1 Å². The van der Waals surface area contributed by atoms with Crippen LogP contribution < -0.4 is 0 Å². The van der Waals surface area contributed by atoms with Gasteiger partial charge in [0.05, 0.1) is 14.7 Å². The summed E-state index contributed by atoms with van der Waals surface area (Å²) in [6.07, 6.45) is 1.37. The molecule has 0 heterocycles. The zero-order valence-electron chi connectivity index (χ0n) is 9.00. The second kappa shape index (κ2) is 4.40. The quantitative estimate of drug-likeness (QED) is 0.790. The lowest BCUT2D eigenvalue weighted by atomic mass is 10.2. The minimum Gasteiger partial charge on any atom is -0.223 e. The van der Waals surface area contributed by atoms with Crippen LogP contribution in [-0.4, -0.2) is 13.2 Å². The van der Waals surface area contributed by atoms with Gasteiger partial charge >= 0.3 is 0 Å². The normalized spacial score (nSPS) is 12.5. The van der Waals surface area contributed by atoms with Gasteiger partial charge in [0.15, 0.2) is 9.84 Å². The molecule has 16 heavy (non-hydrogen) atoms. The summed E-state index contributed by atoms with van der Waals surface area (Å²) in [4.78, 5) is 0.0339. The van der Waals surface area contributed by atoms with Crippen molar-refractivity contribution in [3.8, 4) is 0 Å². The van der Waals surface area contributed by atoms with Gasteiger partial charge in [-0.2, -0.15) is 0 Å². The number of sulfone groups is 1. The van der Waals surface area contributed by atoms with E-state index >= 15 is 0 Å². The fourth-order valence-electron chi connectivity index (χ4n) is 1.08. The molecule has 0 saturated heterocycles. The van der Waals surface area contributed by atoms with Crippen LogP contribution >= 0.6 is 23.2 Å².